The van der Waals surface area contributed by atoms with E-state index in [1.165, 1.54) is 5.56 Å². The lowest BCUT2D eigenvalue weighted by Gasteiger charge is -2.36. The van der Waals surface area contributed by atoms with Gasteiger partial charge in [0.05, 0.1) is 19.8 Å². The summed E-state index contributed by atoms with van der Waals surface area (Å²) >= 11 is 0. The van der Waals surface area contributed by atoms with Gasteiger partial charge in [-0.15, -0.1) is 0 Å². The maximum absolute atomic E-state index is 14.8. The average molecular weight is 607 g/mol. The summed E-state index contributed by atoms with van der Waals surface area (Å²) < 4.78 is 17.7. The van der Waals surface area contributed by atoms with Crippen LogP contribution in [0.4, 0.5) is 0 Å². The third-order valence-electron chi connectivity index (χ3n) is 9.50. The number of nitrogens with one attached hydrogen (secondary N) is 1. The van der Waals surface area contributed by atoms with Gasteiger partial charge in [-0.25, -0.2) is 4.79 Å². The zero-order valence-electron chi connectivity index (χ0n) is 28.5. The number of esters is 1. The van der Waals surface area contributed by atoms with E-state index >= 15 is 0 Å². The van der Waals surface area contributed by atoms with E-state index in [0.717, 1.165) is 23.3 Å². The molecule has 7 heteroatoms. The largest absolute Gasteiger partial charge is 0.496 e. The normalized spacial score (nSPS) is 25.8. The van der Waals surface area contributed by atoms with Crippen LogP contribution < -0.4 is 10.1 Å². The first-order valence-electron chi connectivity index (χ1n) is 16.3. The van der Waals surface area contributed by atoms with Crippen molar-refractivity contribution in [3.05, 3.63) is 65.2 Å². The number of nitrogens with zero attached hydrogens (tertiary/aromatic N) is 1. The number of carbonyl (C=O) groups excluding carboxylic acids is 2. The molecule has 242 valence electrons. The predicted octanol–water partition coefficient (Wildman–Crippen LogP) is 6.69. The molecule has 2 aromatic rings. The summed E-state index contributed by atoms with van der Waals surface area (Å²) in [5.41, 5.74) is 2.86. The van der Waals surface area contributed by atoms with E-state index in [1.807, 2.05) is 36.1 Å². The number of likely N-dealkylation sites (tertiary alicyclic amines) is 1. The maximum Gasteiger partial charge on any atom is 0.329 e. The number of benzene rings is 2. The summed E-state index contributed by atoms with van der Waals surface area (Å²) in [7, 11) is 1.69. The molecule has 2 aliphatic rings. The van der Waals surface area contributed by atoms with E-state index in [2.05, 4.69) is 85.0 Å². The quantitative estimate of drug-likeness (QED) is 0.321. The number of ether oxygens (including phenoxy) is 3. The summed E-state index contributed by atoms with van der Waals surface area (Å²) in [5.74, 6) is 0.440. The van der Waals surface area contributed by atoms with Gasteiger partial charge in [-0.3, -0.25) is 4.79 Å². The van der Waals surface area contributed by atoms with Crippen molar-refractivity contribution in [3.8, 4) is 5.75 Å². The van der Waals surface area contributed by atoms with Gasteiger partial charge in [-0.2, -0.15) is 0 Å². The van der Waals surface area contributed by atoms with Crippen LogP contribution in [0.5, 0.6) is 5.75 Å². The number of hydrogen-bond donors (Lipinski definition) is 1. The second-order valence-electron chi connectivity index (χ2n) is 14.9. The van der Waals surface area contributed by atoms with Gasteiger partial charge in [-0.05, 0) is 53.2 Å². The van der Waals surface area contributed by atoms with Gasteiger partial charge in [0.15, 0.2) is 0 Å². The lowest BCUT2D eigenvalue weighted by atomic mass is 9.72. The fourth-order valence-corrected chi connectivity index (χ4v) is 7.24. The SMILES string of the molecule is CCOC(=O)[C@@H]1[C@@H](C(C)(C)C)[C@H](NCc2cc(C(C)(C)C)ccc2OC)[C@H](c2ccccc2)N1C(=O)[C@@H]1OCC[C@@H]1C(C)C. The highest BCUT2D eigenvalue weighted by Crippen LogP contribution is 2.49. The molecule has 6 atom stereocenters. The molecule has 44 heavy (non-hydrogen) atoms. The van der Waals surface area contributed by atoms with E-state index < -0.39 is 18.2 Å². The van der Waals surface area contributed by atoms with E-state index in [1.54, 1.807) is 7.11 Å². The topological polar surface area (TPSA) is 77.1 Å². The van der Waals surface area contributed by atoms with Crippen molar-refractivity contribution in [2.45, 2.75) is 105 Å². The Labute approximate surface area is 265 Å². The minimum absolute atomic E-state index is 0.0264. The van der Waals surface area contributed by atoms with Gasteiger partial charge < -0.3 is 24.4 Å². The molecule has 2 saturated heterocycles. The molecular formula is C37H54N2O5. The van der Waals surface area contributed by atoms with Crippen LogP contribution in [0.3, 0.4) is 0 Å². The van der Waals surface area contributed by atoms with Crippen LogP contribution in [0.1, 0.15) is 91.5 Å². The molecule has 2 heterocycles. The van der Waals surface area contributed by atoms with Crippen molar-refractivity contribution in [3.63, 3.8) is 0 Å². The Hall–Kier alpha value is -2.90. The maximum atomic E-state index is 14.8. The Bertz CT molecular complexity index is 1280. The molecule has 1 amide bonds. The first kappa shape index (κ1) is 34.0. The molecule has 0 aliphatic carbocycles. The minimum atomic E-state index is -0.773. The van der Waals surface area contributed by atoms with E-state index in [9.17, 15) is 9.59 Å². The molecule has 2 aromatic carbocycles. The summed E-state index contributed by atoms with van der Waals surface area (Å²) in [6.07, 6.45) is 0.233. The molecular weight excluding hydrogens is 552 g/mol. The number of methoxy groups -OCH3 is 1. The van der Waals surface area contributed by atoms with Gasteiger partial charge in [0.1, 0.15) is 17.9 Å². The number of hydrogen-bond acceptors (Lipinski definition) is 6. The molecule has 0 spiro atoms. The predicted molar refractivity (Wildman–Crippen MR) is 174 cm³/mol. The highest BCUT2D eigenvalue weighted by molar-refractivity contribution is 5.89. The van der Waals surface area contributed by atoms with Gasteiger partial charge >= 0.3 is 5.97 Å². The van der Waals surface area contributed by atoms with Crippen molar-refractivity contribution in [1.29, 1.82) is 0 Å². The third kappa shape index (κ3) is 6.99. The molecule has 4 rings (SSSR count). The highest BCUT2D eigenvalue weighted by atomic mass is 16.5. The Morgan fingerprint density at radius 1 is 1.05 bits per heavy atom. The van der Waals surface area contributed by atoms with Gasteiger partial charge in [-0.1, -0.05) is 97.9 Å². The molecule has 0 bridgehead atoms. The summed E-state index contributed by atoms with van der Waals surface area (Å²) in [4.78, 5) is 30.6. The molecule has 1 N–H and O–H groups in total. The van der Waals surface area contributed by atoms with Crippen LogP contribution in [0.2, 0.25) is 0 Å². The fraction of sp³-hybridized carbons (Fsp3) is 0.622. The molecule has 0 aromatic heterocycles. The van der Waals surface area contributed by atoms with Crippen molar-refractivity contribution >= 4 is 11.9 Å². The van der Waals surface area contributed by atoms with Crippen molar-refractivity contribution in [2.24, 2.45) is 23.2 Å². The Balaban J connectivity index is 1.86. The van der Waals surface area contributed by atoms with Gasteiger partial charge in [0.25, 0.3) is 5.91 Å². The van der Waals surface area contributed by atoms with Gasteiger partial charge in [0.2, 0.25) is 0 Å². The number of carbonyl (C=O) groups is 2. The van der Waals surface area contributed by atoms with E-state index in [0.29, 0.717) is 13.2 Å². The summed E-state index contributed by atoms with van der Waals surface area (Å²) in [6.45, 7) is 20.5. The van der Waals surface area contributed by atoms with Crippen LogP contribution in [-0.4, -0.2) is 55.3 Å². The van der Waals surface area contributed by atoms with E-state index in [4.69, 9.17) is 14.2 Å². The lowest BCUT2D eigenvalue weighted by molar-refractivity contribution is -0.161. The minimum Gasteiger partial charge on any atom is -0.496 e. The molecule has 0 unspecified atom stereocenters. The summed E-state index contributed by atoms with van der Waals surface area (Å²) in [6, 6.07) is 15.0. The molecule has 0 saturated carbocycles. The van der Waals surface area contributed by atoms with Crippen LogP contribution in [-0.2, 0) is 31.0 Å². The molecule has 0 radical (unpaired) electrons. The first-order chi connectivity index (χ1) is 20.7. The number of amides is 1. The lowest BCUT2D eigenvalue weighted by Crippen LogP contribution is -2.52. The Kier molecular flexibility index (Phi) is 10.5. The molecule has 2 aliphatic heterocycles. The van der Waals surface area contributed by atoms with E-state index in [-0.39, 0.29) is 53.1 Å². The Morgan fingerprint density at radius 2 is 1.73 bits per heavy atom. The third-order valence-corrected chi connectivity index (χ3v) is 9.50. The van der Waals surface area contributed by atoms with Crippen molar-refractivity contribution < 1.29 is 23.8 Å². The Morgan fingerprint density at radius 3 is 2.30 bits per heavy atom. The van der Waals surface area contributed by atoms with Crippen LogP contribution in [0.15, 0.2) is 48.5 Å². The zero-order valence-corrected chi connectivity index (χ0v) is 28.5. The van der Waals surface area contributed by atoms with Crippen LogP contribution in [0.25, 0.3) is 0 Å². The standard InChI is InChI=1S/C37H54N2O5/c1-11-43-35(41)32-29(37(7,8)9)30(38-22-25-21-26(36(4,5)6)17-18-28(25)42-10)31(24-15-13-12-14-16-24)39(32)34(40)33-27(23(2)3)19-20-44-33/h12-18,21,23,27,29-33,38H,11,19-20,22H2,1-10H3/t27-,29+,30+,31+,32+,33-/m1/s1. The summed E-state index contributed by atoms with van der Waals surface area (Å²) in [5, 5.41) is 3.87. The smallest absolute Gasteiger partial charge is 0.329 e. The first-order valence-corrected chi connectivity index (χ1v) is 16.3. The van der Waals surface area contributed by atoms with Crippen LogP contribution >= 0.6 is 0 Å². The fourth-order valence-electron chi connectivity index (χ4n) is 7.24. The van der Waals surface area contributed by atoms with Gasteiger partial charge in [0, 0.05) is 30.7 Å². The van der Waals surface area contributed by atoms with Crippen molar-refractivity contribution in [1.82, 2.24) is 10.2 Å². The highest BCUT2D eigenvalue weighted by Gasteiger charge is 2.59. The zero-order chi connectivity index (χ0) is 32.4. The number of rotatable bonds is 9. The second-order valence-corrected chi connectivity index (χ2v) is 14.9. The van der Waals surface area contributed by atoms with Crippen molar-refractivity contribution in [2.75, 3.05) is 20.3 Å². The molecule has 2 fully saturated rings. The molecule has 7 nitrogen and oxygen atoms in total. The van der Waals surface area contributed by atoms with Crippen LogP contribution in [0, 0.1) is 23.2 Å². The second kappa shape index (κ2) is 13.6. The monoisotopic (exact) mass is 606 g/mol. The average Bonchev–Trinajstić information content (AvgIpc) is 3.59.